The molecule has 6 N–H and O–H groups in total. The summed E-state index contributed by atoms with van der Waals surface area (Å²) in [7, 11) is -8.27. The number of sulfonamides is 2. The van der Waals surface area contributed by atoms with Crippen LogP contribution in [0.5, 0.6) is 0 Å². The number of hydrogen-bond acceptors (Lipinski definition) is 9. The number of anilines is 2. The van der Waals surface area contributed by atoms with Gasteiger partial charge >= 0.3 is 6.18 Å². The van der Waals surface area contributed by atoms with Crippen molar-refractivity contribution in [3.63, 3.8) is 0 Å². The zero-order chi connectivity index (χ0) is 28.6. The Labute approximate surface area is 219 Å². The van der Waals surface area contributed by atoms with Gasteiger partial charge in [0.05, 0.1) is 16.1 Å². The van der Waals surface area contributed by atoms with Gasteiger partial charge in [0.25, 0.3) is 0 Å². The molecule has 0 saturated heterocycles. The first-order chi connectivity index (χ1) is 18.1. The Bertz CT molecular complexity index is 1770. The lowest BCUT2D eigenvalue weighted by Crippen LogP contribution is -2.22. The number of benzene rings is 2. The van der Waals surface area contributed by atoms with Crippen LogP contribution in [-0.4, -0.2) is 44.5 Å². The molecule has 0 amide bonds. The largest absolute Gasteiger partial charge is 0.405 e. The first-order valence-corrected chi connectivity index (χ1v) is 13.9. The molecule has 0 aliphatic rings. The quantitative estimate of drug-likeness (QED) is 0.226. The van der Waals surface area contributed by atoms with E-state index >= 15 is 0 Å². The van der Waals surface area contributed by atoms with Crippen LogP contribution in [0, 0.1) is 5.82 Å². The number of fused-ring (bicyclic) bond motifs is 1. The molecule has 11 nitrogen and oxygen atoms in total. The smallest absolute Gasteiger partial charge is 0.359 e. The summed E-state index contributed by atoms with van der Waals surface area (Å²) in [6.45, 7) is -1.35. The van der Waals surface area contributed by atoms with Crippen LogP contribution < -0.4 is 20.9 Å². The van der Waals surface area contributed by atoms with Crippen LogP contribution in [0.4, 0.5) is 29.3 Å². The number of alkyl halides is 3. The Hall–Kier alpha value is -3.93. The van der Waals surface area contributed by atoms with E-state index in [1.165, 1.54) is 42.5 Å². The number of hydrogen-bond donors (Lipinski definition) is 4. The fraction of sp³-hybridized carbons (Fsp3) is 0.136. The lowest BCUT2D eigenvalue weighted by molar-refractivity contribution is -0.115. The van der Waals surface area contributed by atoms with Gasteiger partial charge in [-0.15, -0.1) is 0 Å². The van der Waals surface area contributed by atoms with Crippen molar-refractivity contribution in [1.29, 1.82) is 0 Å². The third kappa shape index (κ3) is 6.94. The van der Waals surface area contributed by atoms with Crippen molar-refractivity contribution in [1.82, 2.24) is 15.0 Å². The fourth-order valence-corrected chi connectivity index (χ4v) is 4.57. The lowest BCUT2D eigenvalue weighted by atomic mass is 10.1. The van der Waals surface area contributed by atoms with Crippen molar-refractivity contribution >= 4 is 42.8 Å². The minimum Gasteiger partial charge on any atom is -0.359 e. The van der Waals surface area contributed by atoms with Crippen LogP contribution in [0.1, 0.15) is 5.56 Å². The van der Waals surface area contributed by atoms with E-state index in [2.05, 4.69) is 25.6 Å². The molecule has 39 heavy (non-hydrogen) atoms. The summed E-state index contributed by atoms with van der Waals surface area (Å²) in [5.41, 5.74) is 0.905. The molecule has 0 atom stereocenters. The Balaban J connectivity index is 1.70. The average molecular weight is 586 g/mol. The minimum atomic E-state index is -4.59. The van der Waals surface area contributed by atoms with Gasteiger partial charge in [-0.1, -0.05) is 12.1 Å². The molecule has 2 heterocycles. The monoisotopic (exact) mass is 585 g/mol. The Morgan fingerprint density at radius 2 is 1.51 bits per heavy atom. The normalized spacial score (nSPS) is 12.5. The van der Waals surface area contributed by atoms with Crippen LogP contribution in [0.15, 0.2) is 64.4 Å². The van der Waals surface area contributed by atoms with Gasteiger partial charge in [-0.25, -0.2) is 41.5 Å². The van der Waals surface area contributed by atoms with E-state index in [-0.39, 0.29) is 45.5 Å². The molecule has 0 saturated carbocycles. The molecule has 0 bridgehead atoms. The predicted octanol–water partition coefficient (Wildman–Crippen LogP) is 2.71. The van der Waals surface area contributed by atoms with Crippen LogP contribution in [0.3, 0.4) is 0 Å². The molecule has 4 rings (SSSR count). The molecule has 0 unspecified atom stereocenters. The van der Waals surface area contributed by atoms with E-state index in [0.717, 1.165) is 12.1 Å². The van der Waals surface area contributed by atoms with Crippen LogP contribution in [0.25, 0.3) is 22.3 Å². The summed E-state index contributed by atoms with van der Waals surface area (Å²) in [5, 5.41) is 15.2. The van der Waals surface area contributed by atoms with Crippen molar-refractivity contribution in [2.75, 3.05) is 17.2 Å². The van der Waals surface area contributed by atoms with Gasteiger partial charge in [0.2, 0.25) is 26.0 Å². The van der Waals surface area contributed by atoms with E-state index in [4.69, 9.17) is 10.3 Å². The topological polar surface area (TPSA) is 183 Å². The number of primary sulfonamides is 2. The second-order valence-electron chi connectivity index (χ2n) is 8.16. The zero-order valence-electron chi connectivity index (χ0n) is 19.6. The molecule has 0 aliphatic carbocycles. The first kappa shape index (κ1) is 28.1. The molecular weight excluding hydrogens is 566 g/mol. The van der Waals surface area contributed by atoms with E-state index in [1.807, 2.05) is 0 Å². The second-order valence-corrected chi connectivity index (χ2v) is 11.3. The number of rotatable bonds is 8. The summed E-state index contributed by atoms with van der Waals surface area (Å²) in [4.78, 5) is 11.8. The van der Waals surface area contributed by atoms with Crippen LogP contribution >= 0.6 is 0 Å². The van der Waals surface area contributed by atoms with Gasteiger partial charge in [0.15, 0.2) is 5.82 Å². The average Bonchev–Trinajstić information content (AvgIpc) is 2.84. The maximum atomic E-state index is 14.0. The number of nitrogens with one attached hydrogen (secondary N) is 2. The summed E-state index contributed by atoms with van der Waals surface area (Å²) >= 11 is 0. The highest BCUT2D eigenvalue weighted by molar-refractivity contribution is 7.89. The van der Waals surface area contributed by atoms with Crippen molar-refractivity contribution in [3.05, 3.63) is 66.0 Å². The lowest BCUT2D eigenvalue weighted by Gasteiger charge is -2.14. The van der Waals surface area contributed by atoms with E-state index in [0.29, 0.717) is 5.56 Å². The van der Waals surface area contributed by atoms with Gasteiger partial charge < -0.3 is 10.6 Å². The molecule has 0 radical (unpaired) electrons. The highest BCUT2D eigenvalue weighted by Crippen LogP contribution is 2.28. The number of halogens is 4. The third-order valence-corrected chi connectivity index (χ3v) is 7.09. The van der Waals surface area contributed by atoms with Crippen LogP contribution in [-0.2, 0) is 26.6 Å². The van der Waals surface area contributed by atoms with Crippen molar-refractivity contribution in [2.45, 2.75) is 22.5 Å². The number of pyridine rings is 1. The van der Waals surface area contributed by atoms with Crippen molar-refractivity contribution < 1.29 is 34.4 Å². The number of aromatic nitrogens is 3. The molecule has 0 aliphatic heterocycles. The summed E-state index contributed by atoms with van der Waals surface area (Å²) in [5.74, 6) is -1.41. The first-order valence-electron chi connectivity index (χ1n) is 10.8. The van der Waals surface area contributed by atoms with Gasteiger partial charge in [-0.3, -0.25) is 0 Å². The molecule has 2 aromatic heterocycles. The molecule has 0 spiro atoms. The van der Waals surface area contributed by atoms with E-state index in [1.54, 1.807) is 0 Å². The molecular formula is C22H19F4N7O4S2. The van der Waals surface area contributed by atoms with E-state index in [9.17, 15) is 34.4 Å². The van der Waals surface area contributed by atoms with Gasteiger partial charge in [-0.05, 0) is 48.0 Å². The Kier molecular flexibility index (Phi) is 7.44. The maximum absolute atomic E-state index is 14.0. The SMILES string of the molecule is NS(=O)(=O)c1ccc(CNc2nc(NCC(F)(F)F)c3nc(-c4ccc(F)c(S(N)(=O)=O)c4)ccc3n2)cc1. The standard InChI is InChI=1S/C22H19F4N7O4S2/c23-15-6-3-13(9-18(15)39(28,36)37)16-7-8-17-19(31-16)20(30-11-22(24,25)26)33-21(32-17)29-10-12-1-4-14(5-2-12)38(27,34)35/h1-9H,10-11H2,(H2,27,34,35)(H2,28,36,37)(H2,29,30,32,33). The van der Waals surface area contributed by atoms with Gasteiger partial charge in [0, 0.05) is 12.1 Å². The Morgan fingerprint density at radius 1 is 0.821 bits per heavy atom. The molecule has 4 aromatic rings. The van der Waals surface area contributed by atoms with Crippen molar-refractivity contribution in [2.24, 2.45) is 10.3 Å². The fourth-order valence-electron chi connectivity index (χ4n) is 3.42. The minimum absolute atomic E-state index is 0.0597. The van der Waals surface area contributed by atoms with Crippen molar-refractivity contribution in [3.8, 4) is 11.3 Å². The van der Waals surface area contributed by atoms with Crippen LogP contribution in [0.2, 0.25) is 0 Å². The number of nitrogens with zero attached hydrogens (tertiary/aromatic N) is 3. The third-order valence-electron chi connectivity index (χ3n) is 5.23. The second kappa shape index (κ2) is 10.3. The van der Waals surface area contributed by atoms with Gasteiger partial charge in [0.1, 0.15) is 22.8 Å². The highest BCUT2D eigenvalue weighted by Gasteiger charge is 2.27. The summed E-state index contributed by atoms with van der Waals surface area (Å²) in [6, 6.07) is 11.5. The summed E-state index contributed by atoms with van der Waals surface area (Å²) < 4.78 is 99.1. The molecule has 17 heteroatoms. The maximum Gasteiger partial charge on any atom is 0.405 e. The molecule has 206 valence electrons. The highest BCUT2D eigenvalue weighted by atomic mass is 32.2. The molecule has 0 fully saturated rings. The molecule has 2 aromatic carbocycles. The zero-order valence-corrected chi connectivity index (χ0v) is 21.2. The van der Waals surface area contributed by atoms with E-state index < -0.39 is 43.5 Å². The van der Waals surface area contributed by atoms with Gasteiger partial charge in [-0.2, -0.15) is 18.2 Å². The Morgan fingerprint density at radius 3 is 2.13 bits per heavy atom. The summed E-state index contributed by atoms with van der Waals surface area (Å²) in [6.07, 6.45) is -4.59. The number of nitrogens with two attached hydrogens (primary N) is 2. The predicted molar refractivity (Wildman–Crippen MR) is 134 cm³/mol.